The summed E-state index contributed by atoms with van der Waals surface area (Å²) in [6.45, 7) is 5.19. The minimum Gasteiger partial charge on any atom is -0.346 e. The van der Waals surface area contributed by atoms with E-state index in [2.05, 4.69) is 45.1 Å². The van der Waals surface area contributed by atoms with Crippen molar-refractivity contribution in [3.05, 3.63) is 58.6 Å². The van der Waals surface area contributed by atoms with Gasteiger partial charge in [0, 0.05) is 49.3 Å². The van der Waals surface area contributed by atoms with E-state index in [1.165, 1.54) is 16.3 Å². The number of anilines is 1. The van der Waals surface area contributed by atoms with Crippen molar-refractivity contribution in [2.75, 3.05) is 31.1 Å². The van der Waals surface area contributed by atoms with Crippen molar-refractivity contribution in [2.45, 2.75) is 6.54 Å². The highest BCUT2D eigenvalue weighted by molar-refractivity contribution is 7.13. The van der Waals surface area contributed by atoms with Crippen LogP contribution < -0.4 is 4.90 Å². The second kappa shape index (κ2) is 6.48. The van der Waals surface area contributed by atoms with E-state index < -0.39 is 0 Å². The fourth-order valence-electron chi connectivity index (χ4n) is 3.16. The van der Waals surface area contributed by atoms with Gasteiger partial charge in [-0.25, -0.2) is 4.98 Å². The molecular formula is C18H18ClN3S. The molecule has 1 saturated heterocycles. The first-order chi connectivity index (χ1) is 11.3. The summed E-state index contributed by atoms with van der Waals surface area (Å²) in [6, 6.07) is 12.6. The van der Waals surface area contributed by atoms with Crippen LogP contribution in [0.25, 0.3) is 10.8 Å². The third kappa shape index (κ3) is 3.20. The Morgan fingerprint density at radius 3 is 2.74 bits per heavy atom. The van der Waals surface area contributed by atoms with Crippen molar-refractivity contribution in [1.29, 1.82) is 0 Å². The molecule has 0 aliphatic carbocycles. The van der Waals surface area contributed by atoms with Crippen LogP contribution in [0.15, 0.2) is 48.0 Å². The van der Waals surface area contributed by atoms with Crippen molar-refractivity contribution < 1.29 is 0 Å². The number of thiazole rings is 1. The van der Waals surface area contributed by atoms with Crippen molar-refractivity contribution in [2.24, 2.45) is 0 Å². The number of benzene rings is 2. The van der Waals surface area contributed by atoms with Gasteiger partial charge < -0.3 is 4.90 Å². The molecule has 2 heterocycles. The summed E-state index contributed by atoms with van der Waals surface area (Å²) in [7, 11) is 0. The average Bonchev–Trinajstić information content (AvgIpc) is 3.11. The predicted molar refractivity (Wildman–Crippen MR) is 98.6 cm³/mol. The molecule has 118 valence electrons. The van der Waals surface area contributed by atoms with E-state index in [4.69, 9.17) is 11.6 Å². The SMILES string of the molecule is Clc1ccc2cccc(CN3CCN(c4nccs4)CC3)c2c1. The molecule has 3 nitrogen and oxygen atoms in total. The van der Waals surface area contributed by atoms with E-state index in [-0.39, 0.29) is 0 Å². The Morgan fingerprint density at radius 1 is 1.09 bits per heavy atom. The lowest BCUT2D eigenvalue weighted by Crippen LogP contribution is -2.45. The summed E-state index contributed by atoms with van der Waals surface area (Å²) < 4.78 is 0. The Hall–Kier alpha value is -1.62. The van der Waals surface area contributed by atoms with Gasteiger partial charge in [-0.2, -0.15) is 0 Å². The Morgan fingerprint density at radius 2 is 1.96 bits per heavy atom. The van der Waals surface area contributed by atoms with E-state index >= 15 is 0 Å². The van der Waals surface area contributed by atoms with Crippen LogP contribution in [0.1, 0.15) is 5.56 Å². The van der Waals surface area contributed by atoms with Gasteiger partial charge in [0.05, 0.1) is 0 Å². The summed E-state index contributed by atoms with van der Waals surface area (Å²) in [6.07, 6.45) is 1.88. The normalized spacial score (nSPS) is 16.1. The highest BCUT2D eigenvalue weighted by Gasteiger charge is 2.19. The average molecular weight is 344 g/mol. The third-order valence-electron chi connectivity index (χ3n) is 4.39. The molecule has 1 fully saturated rings. The Balaban J connectivity index is 1.48. The number of fused-ring (bicyclic) bond motifs is 1. The molecule has 2 aromatic carbocycles. The molecule has 1 aliphatic rings. The van der Waals surface area contributed by atoms with Crippen LogP contribution >= 0.6 is 22.9 Å². The van der Waals surface area contributed by atoms with E-state index in [1.807, 2.05) is 17.6 Å². The van der Waals surface area contributed by atoms with Gasteiger partial charge in [0.1, 0.15) is 0 Å². The van der Waals surface area contributed by atoms with Gasteiger partial charge in [-0.1, -0.05) is 35.9 Å². The first-order valence-corrected chi connectivity index (χ1v) is 9.09. The standard InChI is InChI=1S/C18H18ClN3S/c19-16-5-4-14-2-1-3-15(17(14)12-16)13-21-7-9-22(10-8-21)18-20-6-11-23-18/h1-6,11-12H,7-10,13H2. The van der Waals surface area contributed by atoms with E-state index in [9.17, 15) is 0 Å². The molecule has 0 spiro atoms. The van der Waals surface area contributed by atoms with Gasteiger partial charge in [0.15, 0.2) is 5.13 Å². The number of piperazine rings is 1. The molecule has 0 saturated carbocycles. The summed E-state index contributed by atoms with van der Waals surface area (Å²) in [4.78, 5) is 9.30. The van der Waals surface area contributed by atoms with Crippen LogP contribution in [0.4, 0.5) is 5.13 Å². The van der Waals surface area contributed by atoms with Gasteiger partial charge in [-0.3, -0.25) is 4.90 Å². The molecule has 0 radical (unpaired) electrons. The monoisotopic (exact) mass is 343 g/mol. The van der Waals surface area contributed by atoms with Gasteiger partial charge in [-0.15, -0.1) is 11.3 Å². The number of rotatable bonds is 3. The molecule has 23 heavy (non-hydrogen) atoms. The summed E-state index contributed by atoms with van der Waals surface area (Å²) in [5.74, 6) is 0. The number of nitrogens with zero attached hydrogens (tertiary/aromatic N) is 3. The largest absolute Gasteiger partial charge is 0.346 e. The second-order valence-electron chi connectivity index (χ2n) is 5.86. The lowest BCUT2D eigenvalue weighted by Gasteiger charge is -2.34. The van der Waals surface area contributed by atoms with Crippen molar-refractivity contribution in [3.63, 3.8) is 0 Å². The Bertz CT molecular complexity index is 795. The molecule has 0 N–H and O–H groups in total. The Kier molecular flexibility index (Phi) is 4.21. The minimum atomic E-state index is 0.804. The molecule has 1 aliphatic heterocycles. The molecule has 0 atom stereocenters. The lowest BCUT2D eigenvalue weighted by atomic mass is 10.0. The first-order valence-electron chi connectivity index (χ1n) is 7.83. The number of halogens is 1. The summed E-state index contributed by atoms with van der Waals surface area (Å²) >= 11 is 7.90. The van der Waals surface area contributed by atoms with Crippen molar-refractivity contribution in [3.8, 4) is 0 Å². The van der Waals surface area contributed by atoms with Gasteiger partial charge >= 0.3 is 0 Å². The number of aromatic nitrogens is 1. The Labute approximate surface area is 145 Å². The topological polar surface area (TPSA) is 19.4 Å². The predicted octanol–water partition coefficient (Wildman–Crippen LogP) is 4.27. The van der Waals surface area contributed by atoms with E-state index in [0.717, 1.165) is 42.9 Å². The minimum absolute atomic E-state index is 0.804. The molecule has 4 rings (SSSR count). The molecule has 5 heteroatoms. The van der Waals surface area contributed by atoms with E-state index in [0.29, 0.717) is 0 Å². The van der Waals surface area contributed by atoms with Gasteiger partial charge in [-0.05, 0) is 28.5 Å². The maximum Gasteiger partial charge on any atom is 0.185 e. The first kappa shape index (κ1) is 14.9. The van der Waals surface area contributed by atoms with Crippen molar-refractivity contribution >= 4 is 38.8 Å². The highest BCUT2D eigenvalue weighted by atomic mass is 35.5. The molecule has 0 bridgehead atoms. The van der Waals surface area contributed by atoms with Crippen LogP contribution in [0, 0.1) is 0 Å². The maximum atomic E-state index is 6.18. The van der Waals surface area contributed by atoms with E-state index in [1.54, 1.807) is 11.3 Å². The zero-order chi connectivity index (χ0) is 15.6. The molecule has 1 aromatic heterocycles. The quantitative estimate of drug-likeness (QED) is 0.708. The smallest absolute Gasteiger partial charge is 0.185 e. The third-order valence-corrected chi connectivity index (χ3v) is 5.46. The molecular weight excluding hydrogens is 326 g/mol. The second-order valence-corrected chi connectivity index (χ2v) is 7.17. The zero-order valence-electron chi connectivity index (χ0n) is 12.8. The summed E-state index contributed by atoms with van der Waals surface area (Å²) in [5, 5.41) is 6.51. The van der Waals surface area contributed by atoms with Crippen molar-refractivity contribution in [1.82, 2.24) is 9.88 Å². The highest BCUT2D eigenvalue weighted by Crippen LogP contribution is 2.25. The van der Waals surface area contributed by atoms with Crippen LogP contribution in [0.3, 0.4) is 0 Å². The fourth-order valence-corrected chi connectivity index (χ4v) is 4.03. The summed E-state index contributed by atoms with van der Waals surface area (Å²) in [5.41, 5.74) is 1.35. The van der Waals surface area contributed by atoms with Crippen LogP contribution in [-0.4, -0.2) is 36.1 Å². The molecule has 0 amide bonds. The maximum absolute atomic E-state index is 6.18. The van der Waals surface area contributed by atoms with Crippen LogP contribution in [0.2, 0.25) is 5.02 Å². The lowest BCUT2D eigenvalue weighted by molar-refractivity contribution is 0.250. The zero-order valence-corrected chi connectivity index (χ0v) is 14.4. The van der Waals surface area contributed by atoms with Gasteiger partial charge in [0.25, 0.3) is 0 Å². The number of hydrogen-bond donors (Lipinski definition) is 0. The fraction of sp³-hybridized carbons (Fsp3) is 0.278. The van der Waals surface area contributed by atoms with Crippen LogP contribution in [-0.2, 0) is 6.54 Å². The van der Waals surface area contributed by atoms with Gasteiger partial charge in [0.2, 0.25) is 0 Å². The van der Waals surface area contributed by atoms with Crippen LogP contribution in [0.5, 0.6) is 0 Å². The number of hydrogen-bond acceptors (Lipinski definition) is 4. The molecule has 3 aromatic rings. The molecule has 0 unspecified atom stereocenters.